The lowest BCUT2D eigenvalue weighted by molar-refractivity contribution is 0.193. The lowest BCUT2D eigenvalue weighted by atomic mass is 9.99. The molecule has 1 aliphatic rings. The molecule has 0 aromatic carbocycles. The number of aliphatic imine (C=N–C) groups is 1. The molecule has 0 amide bonds. The van der Waals surface area contributed by atoms with Crippen molar-refractivity contribution in [3.05, 3.63) is 0 Å². The molecule has 0 aromatic rings. The second-order valence-electron chi connectivity index (χ2n) is 4.51. The fourth-order valence-electron chi connectivity index (χ4n) is 2.11. The Morgan fingerprint density at radius 2 is 2.18 bits per heavy atom. The summed E-state index contributed by atoms with van der Waals surface area (Å²) in [5.41, 5.74) is 0. The predicted molar refractivity (Wildman–Crippen MR) is 76.9 cm³/mol. The summed E-state index contributed by atoms with van der Waals surface area (Å²) in [6.45, 7) is 7.44. The molecule has 100 valence electrons. The van der Waals surface area contributed by atoms with E-state index in [1.807, 2.05) is 11.8 Å². The first-order valence-corrected chi connectivity index (χ1v) is 7.63. The van der Waals surface area contributed by atoms with Gasteiger partial charge >= 0.3 is 0 Å². The molecule has 0 bridgehead atoms. The maximum absolute atomic E-state index is 5.03. The number of nitrogens with zero attached hydrogens (tertiary/aromatic N) is 1. The fourth-order valence-corrected chi connectivity index (χ4v) is 3.46. The minimum atomic E-state index is 0.700. The van der Waals surface area contributed by atoms with Gasteiger partial charge in [0.2, 0.25) is 0 Å². The van der Waals surface area contributed by atoms with Crippen molar-refractivity contribution in [3.63, 3.8) is 0 Å². The van der Waals surface area contributed by atoms with Gasteiger partial charge in [0.05, 0.1) is 6.54 Å². The standard InChI is InChI=1S/C13H26N2OS/c1-4-11(5-2)12-10-15-13(17-12)14-8-6-7-9-16-3/h11-12H,4-10H2,1-3H3,(H,14,15). The smallest absolute Gasteiger partial charge is 0.156 e. The van der Waals surface area contributed by atoms with Crippen LogP contribution in [-0.4, -0.2) is 37.2 Å². The van der Waals surface area contributed by atoms with E-state index in [4.69, 9.17) is 4.74 Å². The summed E-state index contributed by atoms with van der Waals surface area (Å²) in [7, 11) is 1.75. The Kier molecular flexibility index (Phi) is 7.69. The van der Waals surface area contributed by atoms with E-state index in [0.717, 1.165) is 43.6 Å². The molecule has 1 N–H and O–H groups in total. The van der Waals surface area contributed by atoms with Gasteiger partial charge in [0.1, 0.15) is 0 Å². The number of ether oxygens (including phenoxy) is 1. The monoisotopic (exact) mass is 258 g/mol. The van der Waals surface area contributed by atoms with Crippen LogP contribution in [0.1, 0.15) is 39.5 Å². The number of amidine groups is 1. The van der Waals surface area contributed by atoms with Crippen LogP contribution in [0.2, 0.25) is 0 Å². The number of rotatable bonds is 8. The van der Waals surface area contributed by atoms with E-state index >= 15 is 0 Å². The van der Waals surface area contributed by atoms with Crippen molar-refractivity contribution in [1.29, 1.82) is 0 Å². The van der Waals surface area contributed by atoms with Crippen molar-refractivity contribution >= 4 is 16.9 Å². The lowest BCUT2D eigenvalue weighted by Crippen LogP contribution is -2.22. The molecule has 0 saturated carbocycles. The van der Waals surface area contributed by atoms with Gasteiger partial charge in [0, 0.05) is 25.5 Å². The van der Waals surface area contributed by atoms with Crippen LogP contribution in [0, 0.1) is 5.92 Å². The van der Waals surface area contributed by atoms with E-state index in [-0.39, 0.29) is 0 Å². The summed E-state index contributed by atoms with van der Waals surface area (Å²) in [6, 6.07) is 0. The molecule has 0 aromatic heterocycles. The highest BCUT2D eigenvalue weighted by molar-refractivity contribution is 8.14. The van der Waals surface area contributed by atoms with Gasteiger partial charge < -0.3 is 10.1 Å². The molecule has 1 atom stereocenters. The summed E-state index contributed by atoms with van der Waals surface area (Å²) in [5.74, 6) is 0.816. The number of methoxy groups -OCH3 is 1. The fraction of sp³-hybridized carbons (Fsp3) is 0.923. The Morgan fingerprint density at radius 1 is 1.41 bits per heavy atom. The normalized spacial score (nSPS) is 19.8. The summed E-state index contributed by atoms with van der Waals surface area (Å²) in [4.78, 5) is 4.59. The molecule has 0 radical (unpaired) electrons. The number of hydrogen-bond donors (Lipinski definition) is 1. The zero-order valence-corrected chi connectivity index (χ0v) is 12.2. The minimum Gasteiger partial charge on any atom is -0.385 e. The summed E-state index contributed by atoms with van der Waals surface area (Å²) in [5, 5.41) is 5.28. The maximum Gasteiger partial charge on any atom is 0.156 e. The molecule has 0 aliphatic carbocycles. The molecule has 1 rings (SSSR count). The van der Waals surface area contributed by atoms with Gasteiger partial charge in [-0.1, -0.05) is 38.5 Å². The van der Waals surface area contributed by atoms with Gasteiger partial charge in [-0.3, -0.25) is 4.99 Å². The van der Waals surface area contributed by atoms with Gasteiger partial charge in [-0.25, -0.2) is 0 Å². The van der Waals surface area contributed by atoms with Gasteiger partial charge in [-0.05, 0) is 18.8 Å². The van der Waals surface area contributed by atoms with Crippen LogP contribution in [0.3, 0.4) is 0 Å². The quantitative estimate of drug-likeness (QED) is 0.680. The van der Waals surface area contributed by atoms with E-state index in [1.54, 1.807) is 7.11 Å². The Balaban J connectivity index is 2.12. The zero-order chi connectivity index (χ0) is 12.5. The highest BCUT2D eigenvalue weighted by Gasteiger charge is 2.25. The molecule has 0 fully saturated rings. The van der Waals surface area contributed by atoms with Crippen molar-refractivity contribution in [2.45, 2.75) is 44.8 Å². The molecule has 3 nitrogen and oxygen atoms in total. The largest absolute Gasteiger partial charge is 0.385 e. The molecule has 0 spiro atoms. The highest BCUT2D eigenvalue weighted by atomic mass is 32.2. The van der Waals surface area contributed by atoms with E-state index < -0.39 is 0 Å². The van der Waals surface area contributed by atoms with E-state index in [1.165, 1.54) is 12.8 Å². The number of unbranched alkanes of at least 4 members (excludes halogenated alkanes) is 1. The van der Waals surface area contributed by atoms with Crippen molar-refractivity contribution in [1.82, 2.24) is 5.32 Å². The number of thioether (sulfide) groups is 1. The molecule has 17 heavy (non-hydrogen) atoms. The Hall–Kier alpha value is -0.220. The van der Waals surface area contributed by atoms with Gasteiger partial charge in [0.15, 0.2) is 5.17 Å². The molecule has 4 heteroatoms. The number of nitrogens with one attached hydrogen (secondary N) is 1. The van der Waals surface area contributed by atoms with Crippen LogP contribution in [0.15, 0.2) is 4.99 Å². The lowest BCUT2D eigenvalue weighted by Gasteiger charge is -2.18. The zero-order valence-electron chi connectivity index (χ0n) is 11.4. The van der Waals surface area contributed by atoms with E-state index in [9.17, 15) is 0 Å². The van der Waals surface area contributed by atoms with Crippen LogP contribution < -0.4 is 5.32 Å². The summed E-state index contributed by atoms with van der Waals surface area (Å²) >= 11 is 1.94. The maximum atomic E-state index is 5.03. The van der Waals surface area contributed by atoms with E-state index in [0.29, 0.717) is 5.25 Å². The third kappa shape index (κ3) is 5.30. The van der Waals surface area contributed by atoms with Crippen molar-refractivity contribution in [2.24, 2.45) is 10.9 Å². The second-order valence-corrected chi connectivity index (χ2v) is 5.73. The summed E-state index contributed by atoms with van der Waals surface area (Å²) < 4.78 is 5.03. The highest BCUT2D eigenvalue weighted by Crippen LogP contribution is 2.30. The second kappa shape index (κ2) is 8.81. The van der Waals surface area contributed by atoms with E-state index in [2.05, 4.69) is 24.2 Å². The minimum absolute atomic E-state index is 0.700. The van der Waals surface area contributed by atoms with Crippen molar-refractivity contribution in [3.8, 4) is 0 Å². The Bertz CT molecular complexity index is 229. The molecule has 1 aliphatic heterocycles. The molecule has 1 heterocycles. The average molecular weight is 258 g/mol. The molecular weight excluding hydrogens is 232 g/mol. The molecule has 0 saturated heterocycles. The Morgan fingerprint density at radius 3 is 2.82 bits per heavy atom. The number of hydrogen-bond acceptors (Lipinski definition) is 4. The SMILES string of the molecule is CCC(CC)C1CN=C(NCCCCOC)S1. The van der Waals surface area contributed by atoms with Gasteiger partial charge in [-0.2, -0.15) is 0 Å². The predicted octanol–water partition coefficient (Wildman–Crippen LogP) is 2.91. The first-order valence-electron chi connectivity index (χ1n) is 6.75. The molecular formula is C13H26N2OS. The van der Waals surface area contributed by atoms with Gasteiger partial charge in [0.25, 0.3) is 0 Å². The van der Waals surface area contributed by atoms with Crippen molar-refractivity contribution < 1.29 is 4.74 Å². The van der Waals surface area contributed by atoms with Crippen LogP contribution in [-0.2, 0) is 4.74 Å². The first-order chi connectivity index (χ1) is 8.31. The third-order valence-electron chi connectivity index (χ3n) is 3.30. The van der Waals surface area contributed by atoms with Crippen LogP contribution in [0.25, 0.3) is 0 Å². The third-order valence-corrected chi connectivity index (χ3v) is 4.64. The summed E-state index contributed by atoms with van der Waals surface area (Å²) in [6.07, 6.45) is 4.82. The van der Waals surface area contributed by atoms with Gasteiger partial charge in [-0.15, -0.1) is 0 Å². The average Bonchev–Trinajstić information content (AvgIpc) is 2.79. The molecule has 1 unspecified atom stereocenters. The van der Waals surface area contributed by atoms with Crippen LogP contribution in [0.4, 0.5) is 0 Å². The van der Waals surface area contributed by atoms with Crippen LogP contribution >= 0.6 is 11.8 Å². The van der Waals surface area contributed by atoms with Crippen molar-refractivity contribution in [2.75, 3.05) is 26.8 Å². The topological polar surface area (TPSA) is 33.6 Å². The Labute approximate surface area is 110 Å². The first kappa shape index (κ1) is 14.8. The van der Waals surface area contributed by atoms with Crippen LogP contribution in [0.5, 0.6) is 0 Å².